The molecular weight excluding hydrogens is 296 g/mol. The Morgan fingerprint density at radius 3 is 3.17 bits per heavy atom. The van der Waals surface area contributed by atoms with Crippen LogP contribution in [0.3, 0.4) is 0 Å². The highest BCUT2D eigenvalue weighted by Crippen LogP contribution is 2.32. The minimum absolute atomic E-state index is 0.0567. The highest BCUT2D eigenvalue weighted by molar-refractivity contribution is 5.79. The van der Waals surface area contributed by atoms with Gasteiger partial charge in [0.25, 0.3) is 0 Å². The number of aromatic amines is 1. The summed E-state index contributed by atoms with van der Waals surface area (Å²) in [7, 11) is 1.59. The number of hydrogen-bond donors (Lipinski definition) is 2. The zero-order chi connectivity index (χ0) is 16.1. The van der Waals surface area contributed by atoms with Crippen LogP contribution in [0.4, 0.5) is 0 Å². The summed E-state index contributed by atoms with van der Waals surface area (Å²) in [6.07, 6.45) is 6.39. The van der Waals surface area contributed by atoms with Crippen molar-refractivity contribution in [2.45, 2.75) is 25.5 Å². The Balaban J connectivity index is 1.66. The molecule has 0 bridgehead atoms. The minimum atomic E-state index is -0.329. The molecule has 1 aliphatic rings. The molecule has 2 atom stereocenters. The van der Waals surface area contributed by atoms with Crippen LogP contribution >= 0.6 is 0 Å². The number of nitrogens with zero attached hydrogens (tertiary/aromatic N) is 2. The first-order valence-electron chi connectivity index (χ1n) is 7.66. The van der Waals surface area contributed by atoms with Gasteiger partial charge in [-0.25, -0.2) is 4.98 Å². The van der Waals surface area contributed by atoms with Gasteiger partial charge in [0.05, 0.1) is 19.6 Å². The molecule has 0 spiro atoms. The zero-order valence-electron chi connectivity index (χ0n) is 13.0. The van der Waals surface area contributed by atoms with Crippen molar-refractivity contribution >= 4 is 5.91 Å². The summed E-state index contributed by atoms with van der Waals surface area (Å²) in [4.78, 5) is 24.1. The van der Waals surface area contributed by atoms with Crippen molar-refractivity contribution in [3.8, 4) is 5.75 Å². The molecule has 7 nitrogen and oxygen atoms in total. The molecule has 0 unspecified atom stereocenters. The number of imidazole rings is 1. The topological polar surface area (TPSA) is 89.1 Å². The average Bonchev–Trinajstić information content (AvgIpc) is 3.14. The first-order chi connectivity index (χ1) is 11.3. The lowest BCUT2D eigenvalue weighted by atomic mass is 9.93. The molecular formula is C16H20N4O3. The number of carbonyl (C=O) groups is 1. The average molecular weight is 316 g/mol. The largest absolute Gasteiger partial charge is 0.495 e. The second-order valence-electron chi connectivity index (χ2n) is 5.38. The van der Waals surface area contributed by atoms with E-state index in [2.05, 4.69) is 20.3 Å². The van der Waals surface area contributed by atoms with Gasteiger partial charge in [-0.2, -0.15) is 0 Å². The number of pyridine rings is 1. The molecule has 1 aliphatic heterocycles. The van der Waals surface area contributed by atoms with Crippen LogP contribution in [0.15, 0.2) is 30.7 Å². The van der Waals surface area contributed by atoms with Crippen LogP contribution in [0.1, 0.15) is 30.5 Å². The van der Waals surface area contributed by atoms with Gasteiger partial charge in [0.15, 0.2) is 0 Å². The predicted molar refractivity (Wildman–Crippen MR) is 82.6 cm³/mol. The van der Waals surface area contributed by atoms with Gasteiger partial charge in [0.2, 0.25) is 5.91 Å². The summed E-state index contributed by atoms with van der Waals surface area (Å²) in [5.41, 5.74) is 0.703. The van der Waals surface area contributed by atoms with E-state index in [1.165, 1.54) is 0 Å². The van der Waals surface area contributed by atoms with Gasteiger partial charge in [-0.05, 0) is 25.0 Å². The fourth-order valence-electron chi connectivity index (χ4n) is 2.80. The molecule has 2 aromatic rings. The quantitative estimate of drug-likeness (QED) is 0.874. The standard InChI is InChI=1S/C16H20N4O3/c1-22-13-5-2-6-17-12(13)10-20-16(21)11-4-3-9-23-14(11)15-18-7-8-19-15/h2,5-8,11,14H,3-4,9-10H2,1H3,(H,18,19)(H,20,21)/t11-,14-/m1/s1. The molecule has 3 heterocycles. The Bertz CT molecular complexity index is 645. The van der Waals surface area contributed by atoms with Crippen molar-refractivity contribution in [3.63, 3.8) is 0 Å². The fourth-order valence-corrected chi connectivity index (χ4v) is 2.80. The molecule has 1 fully saturated rings. The molecule has 2 N–H and O–H groups in total. The first-order valence-corrected chi connectivity index (χ1v) is 7.66. The second-order valence-corrected chi connectivity index (χ2v) is 5.38. The number of carbonyl (C=O) groups excluding carboxylic acids is 1. The van der Waals surface area contributed by atoms with Crippen molar-refractivity contribution in [1.82, 2.24) is 20.3 Å². The van der Waals surface area contributed by atoms with Gasteiger partial charge in [0, 0.05) is 25.2 Å². The molecule has 0 aliphatic carbocycles. The monoisotopic (exact) mass is 316 g/mol. The van der Waals surface area contributed by atoms with Gasteiger partial charge >= 0.3 is 0 Å². The highest BCUT2D eigenvalue weighted by Gasteiger charge is 2.34. The summed E-state index contributed by atoms with van der Waals surface area (Å²) in [5, 5.41) is 2.93. The third-order valence-electron chi connectivity index (χ3n) is 3.95. The van der Waals surface area contributed by atoms with E-state index in [9.17, 15) is 4.79 Å². The van der Waals surface area contributed by atoms with Crippen LogP contribution in [0.5, 0.6) is 5.75 Å². The Hall–Kier alpha value is -2.41. The lowest BCUT2D eigenvalue weighted by Crippen LogP contribution is -2.37. The van der Waals surface area contributed by atoms with E-state index in [-0.39, 0.29) is 17.9 Å². The molecule has 0 aromatic carbocycles. The van der Waals surface area contributed by atoms with Crippen LogP contribution in [0.2, 0.25) is 0 Å². The summed E-state index contributed by atoms with van der Waals surface area (Å²) in [6.45, 7) is 0.966. The van der Waals surface area contributed by atoms with E-state index in [4.69, 9.17) is 9.47 Å². The van der Waals surface area contributed by atoms with Crippen molar-refractivity contribution < 1.29 is 14.3 Å². The van der Waals surface area contributed by atoms with E-state index in [0.717, 1.165) is 12.8 Å². The van der Waals surface area contributed by atoms with Crippen LogP contribution in [0.25, 0.3) is 0 Å². The number of amides is 1. The van der Waals surface area contributed by atoms with Crippen molar-refractivity contribution in [2.75, 3.05) is 13.7 Å². The third-order valence-corrected chi connectivity index (χ3v) is 3.95. The lowest BCUT2D eigenvalue weighted by molar-refractivity contribution is -0.135. The van der Waals surface area contributed by atoms with E-state index in [1.807, 2.05) is 6.07 Å². The van der Waals surface area contributed by atoms with Gasteiger partial charge in [-0.3, -0.25) is 9.78 Å². The van der Waals surface area contributed by atoms with E-state index >= 15 is 0 Å². The molecule has 3 rings (SSSR count). The molecule has 1 amide bonds. The number of nitrogens with one attached hydrogen (secondary N) is 2. The van der Waals surface area contributed by atoms with Crippen LogP contribution < -0.4 is 10.1 Å². The number of H-pyrrole nitrogens is 1. The number of rotatable bonds is 5. The van der Waals surface area contributed by atoms with E-state index in [1.54, 1.807) is 31.8 Å². The molecule has 1 saturated heterocycles. The molecule has 0 radical (unpaired) electrons. The number of aromatic nitrogens is 3. The van der Waals surface area contributed by atoms with E-state index < -0.39 is 0 Å². The maximum absolute atomic E-state index is 12.6. The molecule has 2 aromatic heterocycles. The SMILES string of the molecule is COc1cccnc1CNC(=O)[C@@H]1CCCO[C@H]1c1ncc[nH]1. The smallest absolute Gasteiger partial charge is 0.226 e. The van der Waals surface area contributed by atoms with Gasteiger partial charge < -0.3 is 19.8 Å². The van der Waals surface area contributed by atoms with Crippen molar-refractivity contribution in [1.29, 1.82) is 0 Å². The number of methoxy groups -OCH3 is 1. The van der Waals surface area contributed by atoms with Crippen LogP contribution in [0, 0.1) is 5.92 Å². The Morgan fingerprint density at radius 1 is 1.48 bits per heavy atom. The van der Waals surface area contributed by atoms with Gasteiger partial charge in [-0.1, -0.05) is 0 Å². The van der Waals surface area contributed by atoms with Crippen molar-refractivity contribution in [2.24, 2.45) is 5.92 Å². The molecule has 122 valence electrons. The summed E-state index contributed by atoms with van der Waals surface area (Å²) < 4.78 is 11.0. The second kappa shape index (κ2) is 7.23. The summed E-state index contributed by atoms with van der Waals surface area (Å²) >= 11 is 0. The zero-order valence-corrected chi connectivity index (χ0v) is 13.0. The third kappa shape index (κ3) is 3.50. The highest BCUT2D eigenvalue weighted by atomic mass is 16.5. The van der Waals surface area contributed by atoms with Crippen molar-refractivity contribution in [3.05, 3.63) is 42.2 Å². The molecule has 23 heavy (non-hydrogen) atoms. The van der Waals surface area contributed by atoms with Crippen LogP contribution in [-0.4, -0.2) is 34.6 Å². The van der Waals surface area contributed by atoms with Gasteiger partial charge in [0.1, 0.15) is 23.4 Å². The maximum Gasteiger partial charge on any atom is 0.226 e. The molecule has 7 heteroatoms. The Kier molecular flexibility index (Phi) is 4.87. The first kappa shape index (κ1) is 15.5. The summed E-state index contributed by atoms with van der Waals surface area (Å²) in [5.74, 6) is 1.04. The Morgan fingerprint density at radius 2 is 2.39 bits per heavy atom. The number of ether oxygens (including phenoxy) is 2. The van der Waals surface area contributed by atoms with Crippen LogP contribution in [-0.2, 0) is 16.1 Å². The maximum atomic E-state index is 12.6. The summed E-state index contributed by atoms with van der Waals surface area (Å²) in [6, 6.07) is 3.62. The molecule has 0 saturated carbocycles. The predicted octanol–water partition coefficient (Wildman–Crippen LogP) is 1.60. The van der Waals surface area contributed by atoms with E-state index in [0.29, 0.717) is 30.4 Å². The lowest BCUT2D eigenvalue weighted by Gasteiger charge is -2.29. The Labute approximate surface area is 134 Å². The fraction of sp³-hybridized carbons (Fsp3) is 0.438. The minimum Gasteiger partial charge on any atom is -0.495 e. The normalized spacial score (nSPS) is 20.9. The number of hydrogen-bond acceptors (Lipinski definition) is 5. The van der Waals surface area contributed by atoms with Gasteiger partial charge in [-0.15, -0.1) is 0 Å².